The fraction of sp³-hybridized carbons (Fsp3) is 0.474. The molecule has 0 radical (unpaired) electrons. The van der Waals surface area contributed by atoms with Gasteiger partial charge in [-0.3, -0.25) is 9.48 Å². The number of aryl methyl sites for hydroxylation is 1. The van der Waals surface area contributed by atoms with Crippen molar-refractivity contribution in [2.24, 2.45) is 0 Å². The van der Waals surface area contributed by atoms with Gasteiger partial charge < -0.3 is 20.3 Å². The van der Waals surface area contributed by atoms with Crippen LogP contribution in [-0.2, 0) is 6.54 Å². The van der Waals surface area contributed by atoms with Crippen molar-refractivity contribution in [3.8, 4) is 5.75 Å². The average Bonchev–Trinajstić information content (AvgIpc) is 3.11. The number of nitrogens with one attached hydrogen (secondary N) is 1. The zero-order valence-electron chi connectivity index (χ0n) is 14.8. The third-order valence-corrected chi connectivity index (χ3v) is 4.58. The first-order valence-electron chi connectivity index (χ1n) is 9.00. The minimum atomic E-state index is -1.10. The van der Waals surface area contributed by atoms with Crippen molar-refractivity contribution < 1.29 is 19.7 Å². The Hall–Kier alpha value is -2.38. The second kappa shape index (κ2) is 8.33. The van der Waals surface area contributed by atoms with E-state index in [9.17, 15) is 15.0 Å². The second-order valence-corrected chi connectivity index (χ2v) is 6.57. The minimum Gasteiger partial charge on any atom is -0.488 e. The van der Waals surface area contributed by atoms with E-state index in [1.54, 1.807) is 29.1 Å². The van der Waals surface area contributed by atoms with E-state index in [0.29, 0.717) is 24.3 Å². The van der Waals surface area contributed by atoms with Crippen LogP contribution in [0.2, 0.25) is 0 Å². The summed E-state index contributed by atoms with van der Waals surface area (Å²) in [4.78, 5) is 12.3. The Morgan fingerprint density at radius 2 is 2.00 bits per heavy atom. The largest absolute Gasteiger partial charge is 0.488 e. The van der Waals surface area contributed by atoms with E-state index in [4.69, 9.17) is 4.74 Å². The minimum absolute atomic E-state index is 0.308. The molecular weight excluding hydrogens is 334 g/mol. The van der Waals surface area contributed by atoms with Gasteiger partial charge >= 0.3 is 0 Å². The van der Waals surface area contributed by atoms with Gasteiger partial charge in [0.25, 0.3) is 5.91 Å². The smallest absolute Gasteiger partial charge is 0.272 e. The maximum atomic E-state index is 12.3. The van der Waals surface area contributed by atoms with Crippen molar-refractivity contribution in [3.05, 3.63) is 48.3 Å². The van der Waals surface area contributed by atoms with Crippen LogP contribution in [0.1, 0.15) is 36.7 Å². The summed E-state index contributed by atoms with van der Waals surface area (Å²) in [5.41, 5.74) is 0.308. The van der Waals surface area contributed by atoms with Gasteiger partial charge in [0.2, 0.25) is 0 Å². The molecule has 3 N–H and O–H groups in total. The summed E-state index contributed by atoms with van der Waals surface area (Å²) in [7, 11) is 0. The van der Waals surface area contributed by atoms with Crippen LogP contribution in [0.4, 0.5) is 0 Å². The molecule has 26 heavy (non-hydrogen) atoms. The van der Waals surface area contributed by atoms with Gasteiger partial charge in [-0.25, -0.2) is 0 Å². The molecule has 1 saturated carbocycles. The lowest BCUT2D eigenvalue weighted by Crippen LogP contribution is -2.57. The predicted octanol–water partition coefficient (Wildman–Crippen LogP) is 1.35. The normalized spacial score (nSPS) is 25.7. The van der Waals surface area contributed by atoms with E-state index >= 15 is 0 Å². The van der Waals surface area contributed by atoms with Crippen molar-refractivity contribution >= 4 is 5.91 Å². The van der Waals surface area contributed by atoms with E-state index in [1.807, 2.05) is 25.1 Å². The van der Waals surface area contributed by atoms with E-state index < -0.39 is 24.4 Å². The molecule has 0 bridgehead atoms. The Bertz CT molecular complexity index is 719. The molecule has 1 heterocycles. The van der Waals surface area contributed by atoms with Crippen LogP contribution in [0.3, 0.4) is 0 Å². The van der Waals surface area contributed by atoms with E-state index in [0.717, 1.165) is 13.0 Å². The van der Waals surface area contributed by atoms with E-state index in [1.165, 1.54) is 0 Å². The number of aliphatic hydroxyl groups excluding tert-OH is 2. The molecule has 1 amide bonds. The van der Waals surface area contributed by atoms with Crippen LogP contribution in [0.25, 0.3) is 0 Å². The van der Waals surface area contributed by atoms with Crippen molar-refractivity contribution in [1.29, 1.82) is 0 Å². The maximum absolute atomic E-state index is 12.3. The zero-order valence-corrected chi connectivity index (χ0v) is 14.8. The highest BCUT2D eigenvalue weighted by Crippen LogP contribution is 2.25. The van der Waals surface area contributed by atoms with Crippen molar-refractivity contribution in [2.45, 2.75) is 57.1 Å². The molecule has 1 aliphatic carbocycles. The Balaban J connectivity index is 1.57. The lowest BCUT2D eigenvalue weighted by Gasteiger charge is -2.37. The van der Waals surface area contributed by atoms with Crippen molar-refractivity contribution in [2.75, 3.05) is 0 Å². The molecule has 0 saturated heterocycles. The number of carbonyl (C=O) groups is 1. The molecule has 7 nitrogen and oxygen atoms in total. The quantitative estimate of drug-likeness (QED) is 0.724. The summed E-state index contributed by atoms with van der Waals surface area (Å²) in [5.74, 6) is 0.297. The summed E-state index contributed by atoms with van der Waals surface area (Å²) < 4.78 is 7.48. The SMILES string of the molecule is CCCn1ccc(C(=O)N[C@@H]2CC[C@@H](Oc3ccccc3)[C@@H](O)[C@@H]2O)n1. The molecule has 2 aromatic rings. The Labute approximate surface area is 152 Å². The van der Waals surface area contributed by atoms with Crippen LogP contribution in [0, 0.1) is 0 Å². The molecule has 140 valence electrons. The molecule has 3 rings (SSSR count). The number of benzene rings is 1. The topological polar surface area (TPSA) is 96.6 Å². The first kappa shape index (κ1) is 18.4. The number of rotatable bonds is 6. The Morgan fingerprint density at radius 1 is 1.23 bits per heavy atom. The van der Waals surface area contributed by atoms with Gasteiger partial charge in [-0.1, -0.05) is 25.1 Å². The Kier molecular flexibility index (Phi) is 5.90. The van der Waals surface area contributed by atoms with E-state index in [2.05, 4.69) is 10.4 Å². The highest BCUT2D eigenvalue weighted by molar-refractivity contribution is 5.92. The number of aromatic nitrogens is 2. The standard InChI is InChI=1S/C19H25N3O4/c1-2-11-22-12-10-15(21-22)19(25)20-14-8-9-16(18(24)17(14)23)26-13-6-4-3-5-7-13/h3-7,10,12,14,16-18,23-24H,2,8-9,11H2,1H3,(H,20,25)/t14-,16-,17-,18-/m1/s1. The van der Waals surface area contributed by atoms with Gasteiger partial charge in [-0.05, 0) is 37.5 Å². The highest BCUT2D eigenvalue weighted by Gasteiger charge is 2.39. The Morgan fingerprint density at radius 3 is 2.73 bits per heavy atom. The highest BCUT2D eigenvalue weighted by atomic mass is 16.5. The summed E-state index contributed by atoms with van der Waals surface area (Å²) in [6.07, 6.45) is 1.04. The fourth-order valence-electron chi connectivity index (χ4n) is 3.18. The number of aliphatic hydroxyl groups is 2. The van der Waals surface area contributed by atoms with Crippen molar-refractivity contribution in [3.63, 3.8) is 0 Å². The zero-order chi connectivity index (χ0) is 18.5. The van der Waals surface area contributed by atoms with Crippen molar-refractivity contribution in [1.82, 2.24) is 15.1 Å². The predicted molar refractivity (Wildman–Crippen MR) is 95.9 cm³/mol. The molecule has 0 spiro atoms. The van der Waals surface area contributed by atoms with Crippen LogP contribution in [0.15, 0.2) is 42.6 Å². The summed E-state index contributed by atoms with van der Waals surface area (Å²) in [6.45, 7) is 2.78. The first-order valence-corrected chi connectivity index (χ1v) is 9.00. The summed E-state index contributed by atoms with van der Waals surface area (Å²) >= 11 is 0. The number of nitrogens with zero attached hydrogens (tertiary/aromatic N) is 2. The third-order valence-electron chi connectivity index (χ3n) is 4.58. The number of para-hydroxylation sites is 1. The summed E-state index contributed by atoms with van der Waals surface area (Å²) in [6, 6.07) is 10.3. The van der Waals surface area contributed by atoms with Gasteiger partial charge in [0.05, 0.1) is 6.04 Å². The number of carbonyl (C=O) groups excluding carboxylic acids is 1. The molecule has 4 atom stereocenters. The maximum Gasteiger partial charge on any atom is 0.272 e. The molecule has 0 aliphatic heterocycles. The first-order chi connectivity index (χ1) is 12.6. The number of amides is 1. The second-order valence-electron chi connectivity index (χ2n) is 6.57. The van der Waals surface area contributed by atoms with E-state index in [-0.39, 0.29) is 5.91 Å². The van der Waals surface area contributed by atoms with Crippen LogP contribution in [0.5, 0.6) is 5.75 Å². The molecule has 1 fully saturated rings. The number of ether oxygens (including phenoxy) is 1. The van der Waals surface area contributed by atoms with Gasteiger partial charge in [-0.2, -0.15) is 5.10 Å². The monoisotopic (exact) mass is 359 g/mol. The van der Waals surface area contributed by atoms with Crippen LogP contribution < -0.4 is 10.1 Å². The van der Waals surface area contributed by atoms with Crippen LogP contribution >= 0.6 is 0 Å². The number of hydrogen-bond acceptors (Lipinski definition) is 5. The van der Waals surface area contributed by atoms with Crippen LogP contribution in [-0.4, -0.2) is 50.3 Å². The van der Waals surface area contributed by atoms with Gasteiger partial charge in [-0.15, -0.1) is 0 Å². The van der Waals surface area contributed by atoms with Gasteiger partial charge in [0, 0.05) is 12.7 Å². The molecule has 0 unspecified atom stereocenters. The molecule has 1 aromatic heterocycles. The fourth-order valence-corrected chi connectivity index (χ4v) is 3.18. The molecule has 1 aromatic carbocycles. The number of hydrogen-bond donors (Lipinski definition) is 3. The molecule has 1 aliphatic rings. The lowest BCUT2D eigenvalue weighted by atomic mass is 9.87. The molecule has 7 heteroatoms. The van der Waals surface area contributed by atoms with Gasteiger partial charge in [0.15, 0.2) is 0 Å². The third kappa shape index (κ3) is 4.23. The summed E-state index contributed by atoms with van der Waals surface area (Å²) in [5, 5.41) is 27.8. The van der Waals surface area contributed by atoms with Gasteiger partial charge in [0.1, 0.15) is 29.8 Å². The molecular formula is C19H25N3O4. The average molecular weight is 359 g/mol. The lowest BCUT2D eigenvalue weighted by molar-refractivity contribution is -0.0874.